The van der Waals surface area contributed by atoms with E-state index in [1.807, 2.05) is 0 Å². The fraction of sp³-hybridized carbons (Fsp3) is 0.364. The third-order valence-electron chi connectivity index (χ3n) is 5.49. The van der Waals surface area contributed by atoms with Gasteiger partial charge in [0.15, 0.2) is 0 Å². The second-order valence-corrected chi connectivity index (χ2v) is 6.79. The molecule has 0 N–H and O–H groups in total. The zero-order chi connectivity index (χ0) is 16.5. The van der Waals surface area contributed by atoms with Crippen molar-refractivity contribution in [2.75, 3.05) is 14.2 Å². The summed E-state index contributed by atoms with van der Waals surface area (Å²) < 4.78 is 10.8. The first-order chi connectivity index (χ1) is 11.8. The third kappa shape index (κ3) is 2.71. The summed E-state index contributed by atoms with van der Waals surface area (Å²) in [6, 6.07) is 13.1. The van der Waals surface area contributed by atoms with Crippen LogP contribution in [0.3, 0.4) is 0 Å². The normalized spacial score (nSPS) is 19.1. The highest BCUT2D eigenvalue weighted by Crippen LogP contribution is 2.42. The van der Waals surface area contributed by atoms with Gasteiger partial charge >= 0.3 is 0 Å². The van der Waals surface area contributed by atoms with Gasteiger partial charge in [-0.15, -0.1) is 0 Å². The molecule has 0 bridgehead atoms. The molecular formula is C22H24O2. The van der Waals surface area contributed by atoms with Crippen molar-refractivity contribution in [3.8, 4) is 11.5 Å². The van der Waals surface area contributed by atoms with Gasteiger partial charge in [-0.1, -0.05) is 23.8 Å². The lowest BCUT2D eigenvalue weighted by Crippen LogP contribution is -2.14. The average Bonchev–Trinajstić information content (AvgIpc) is 2.66. The van der Waals surface area contributed by atoms with E-state index in [1.165, 1.54) is 41.5 Å². The summed E-state index contributed by atoms with van der Waals surface area (Å²) in [5, 5.41) is 0. The molecule has 2 aliphatic carbocycles. The van der Waals surface area contributed by atoms with E-state index >= 15 is 0 Å². The van der Waals surface area contributed by atoms with Crippen LogP contribution in [0.1, 0.15) is 47.4 Å². The molecule has 0 amide bonds. The third-order valence-corrected chi connectivity index (χ3v) is 5.49. The van der Waals surface area contributed by atoms with Gasteiger partial charge in [0.05, 0.1) is 14.2 Å². The highest BCUT2D eigenvalue weighted by Gasteiger charge is 2.25. The number of ether oxygens (including phenoxy) is 2. The summed E-state index contributed by atoms with van der Waals surface area (Å²) in [6.07, 6.45) is 8.37. The fourth-order valence-electron chi connectivity index (χ4n) is 4.19. The van der Waals surface area contributed by atoms with Crippen molar-refractivity contribution in [3.63, 3.8) is 0 Å². The van der Waals surface area contributed by atoms with Crippen molar-refractivity contribution in [2.45, 2.75) is 38.0 Å². The number of allylic oxidation sites excluding steroid dienone is 1. The molecule has 0 unspecified atom stereocenters. The zero-order valence-electron chi connectivity index (χ0n) is 14.5. The van der Waals surface area contributed by atoms with Gasteiger partial charge in [-0.25, -0.2) is 0 Å². The summed E-state index contributed by atoms with van der Waals surface area (Å²) in [5.41, 5.74) is 7.32. The smallest absolute Gasteiger partial charge is 0.119 e. The molecule has 2 aliphatic rings. The molecule has 0 spiro atoms. The Labute approximate surface area is 144 Å². The van der Waals surface area contributed by atoms with Crippen LogP contribution >= 0.6 is 0 Å². The van der Waals surface area contributed by atoms with Gasteiger partial charge in [0.2, 0.25) is 0 Å². The number of hydrogen-bond donors (Lipinski definition) is 0. The Kier molecular flexibility index (Phi) is 4.05. The standard InChI is InChI=1S/C22H24O2/c1-23-19-9-8-15-12-18(7-6-16(15)13-19)21-5-3-4-17-14-20(24-2)10-11-22(17)21/h8-14,21H,3-7H2,1-2H3/t21-/m0/s1. The topological polar surface area (TPSA) is 18.5 Å². The van der Waals surface area contributed by atoms with Gasteiger partial charge in [0.25, 0.3) is 0 Å². The van der Waals surface area contributed by atoms with Crippen LogP contribution in [-0.2, 0) is 12.8 Å². The van der Waals surface area contributed by atoms with Gasteiger partial charge in [0.1, 0.15) is 11.5 Å². The maximum Gasteiger partial charge on any atom is 0.119 e. The van der Waals surface area contributed by atoms with E-state index in [4.69, 9.17) is 9.47 Å². The molecule has 0 saturated heterocycles. The van der Waals surface area contributed by atoms with Crippen LogP contribution in [0.15, 0.2) is 42.0 Å². The molecule has 4 rings (SSSR count). The fourth-order valence-corrected chi connectivity index (χ4v) is 4.19. The van der Waals surface area contributed by atoms with E-state index in [1.54, 1.807) is 19.8 Å². The Hall–Kier alpha value is -2.22. The van der Waals surface area contributed by atoms with Crippen LogP contribution in [0.4, 0.5) is 0 Å². The molecule has 0 fully saturated rings. The van der Waals surface area contributed by atoms with Gasteiger partial charge in [-0.3, -0.25) is 0 Å². The Balaban J connectivity index is 1.69. The molecule has 0 saturated carbocycles. The summed E-state index contributed by atoms with van der Waals surface area (Å²) in [5.74, 6) is 2.50. The van der Waals surface area contributed by atoms with E-state index in [-0.39, 0.29) is 0 Å². The van der Waals surface area contributed by atoms with Crippen LogP contribution in [0.2, 0.25) is 0 Å². The average molecular weight is 320 g/mol. The molecule has 1 atom stereocenters. The summed E-state index contributed by atoms with van der Waals surface area (Å²) >= 11 is 0. The van der Waals surface area contributed by atoms with Gasteiger partial charge in [-0.05, 0) is 78.6 Å². The van der Waals surface area contributed by atoms with Crippen molar-refractivity contribution in [1.29, 1.82) is 0 Å². The minimum Gasteiger partial charge on any atom is -0.497 e. The lowest BCUT2D eigenvalue weighted by molar-refractivity contribution is 0.413. The van der Waals surface area contributed by atoms with Gasteiger partial charge in [0, 0.05) is 5.92 Å². The van der Waals surface area contributed by atoms with Gasteiger partial charge < -0.3 is 9.47 Å². The SMILES string of the molecule is COc1ccc2c(c1)CCC([C@@H]1CCCc3cc(OC)ccc31)=C2. The van der Waals surface area contributed by atoms with Crippen LogP contribution in [0.25, 0.3) is 6.08 Å². The molecule has 0 aromatic heterocycles. The van der Waals surface area contributed by atoms with Crippen molar-refractivity contribution >= 4 is 6.08 Å². The van der Waals surface area contributed by atoms with Crippen LogP contribution in [0, 0.1) is 0 Å². The molecule has 2 nitrogen and oxygen atoms in total. The molecule has 0 heterocycles. The first-order valence-corrected chi connectivity index (χ1v) is 8.82. The van der Waals surface area contributed by atoms with E-state index in [9.17, 15) is 0 Å². The molecular weight excluding hydrogens is 296 g/mol. The zero-order valence-corrected chi connectivity index (χ0v) is 14.5. The summed E-state index contributed by atoms with van der Waals surface area (Å²) in [7, 11) is 3.48. The Morgan fingerprint density at radius 3 is 2.38 bits per heavy atom. The van der Waals surface area contributed by atoms with Crippen molar-refractivity contribution in [3.05, 3.63) is 64.2 Å². The molecule has 124 valence electrons. The minimum atomic E-state index is 0.565. The predicted molar refractivity (Wildman–Crippen MR) is 98.0 cm³/mol. The number of methoxy groups -OCH3 is 2. The summed E-state index contributed by atoms with van der Waals surface area (Å²) in [6.45, 7) is 0. The first kappa shape index (κ1) is 15.3. The molecule has 2 aromatic rings. The predicted octanol–water partition coefficient (Wildman–Crippen LogP) is 5.15. The summed E-state index contributed by atoms with van der Waals surface area (Å²) in [4.78, 5) is 0. The highest BCUT2D eigenvalue weighted by molar-refractivity contribution is 5.63. The van der Waals surface area contributed by atoms with E-state index < -0.39 is 0 Å². The van der Waals surface area contributed by atoms with Crippen LogP contribution in [0.5, 0.6) is 11.5 Å². The van der Waals surface area contributed by atoms with Crippen molar-refractivity contribution in [2.24, 2.45) is 0 Å². The number of fused-ring (bicyclic) bond motifs is 2. The number of hydrogen-bond acceptors (Lipinski definition) is 2. The van der Waals surface area contributed by atoms with Gasteiger partial charge in [-0.2, -0.15) is 0 Å². The molecule has 0 aliphatic heterocycles. The first-order valence-electron chi connectivity index (χ1n) is 8.82. The maximum atomic E-state index is 5.40. The molecule has 2 heteroatoms. The lowest BCUT2D eigenvalue weighted by Gasteiger charge is -2.30. The van der Waals surface area contributed by atoms with E-state index in [2.05, 4.69) is 42.5 Å². The Morgan fingerprint density at radius 1 is 0.833 bits per heavy atom. The largest absolute Gasteiger partial charge is 0.497 e. The monoisotopic (exact) mass is 320 g/mol. The van der Waals surface area contributed by atoms with Crippen molar-refractivity contribution < 1.29 is 9.47 Å². The molecule has 0 radical (unpaired) electrons. The van der Waals surface area contributed by atoms with E-state index in [0.29, 0.717) is 5.92 Å². The van der Waals surface area contributed by atoms with Crippen LogP contribution in [-0.4, -0.2) is 14.2 Å². The number of aryl methyl sites for hydroxylation is 2. The lowest BCUT2D eigenvalue weighted by atomic mass is 9.75. The second-order valence-electron chi connectivity index (χ2n) is 6.79. The molecule has 2 aromatic carbocycles. The molecule has 24 heavy (non-hydrogen) atoms. The quantitative estimate of drug-likeness (QED) is 0.778. The Bertz CT molecular complexity index is 789. The van der Waals surface area contributed by atoms with Crippen LogP contribution < -0.4 is 9.47 Å². The highest BCUT2D eigenvalue weighted by atomic mass is 16.5. The Morgan fingerprint density at radius 2 is 1.58 bits per heavy atom. The number of rotatable bonds is 3. The maximum absolute atomic E-state index is 5.40. The second kappa shape index (κ2) is 6.35. The minimum absolute atomic E-state index is 0.565. The van der Waals surface area contributed by atoms with E-state index in [0.717, 1.165) is 24.3 Å². The number of benzene rings is 2. The van der Waals surface area contributed by atoms with Crippen molar-refractivity contribution in [1.82, 2.24) is 0 Å².